The molecule has 0 radical (unpaired) electrons. The molecule has 0 aromatic heterocycles. The van der Waals surface area contributed by atoms with Gasteiger partial charge in [-0.3, -0.25) is 0 Å². The van der Waals surface area contributed by atoms with Gasteiger partial charge in [-0.1, -0.05) is 49.4 Å². The number of allylic oxidation sites excluding steroid dienone is 2. The van der Waals surface area contributed by atoms with E-state index in [1.165, 1.54) is 41.5 Å². The van der Waals surface area contributed by atoms with Crippen molar-refractivity contribution in [3.63, 3.8) is 0 Å². The molecule has 0 bridgehead atoms. The van der Waals surface area contributed by atoms with Crippen LogP contribution in [0.15, 0.2) is 54.6 Å². The van der Waals surface area contributed by atoms with E-state index in [-0.39, 0.29) is 0 Å². The van der Waals surface area contributed by atoms with Crippen LogP contribution in [0.25, 0.3) is 16.7 Å². The molecule has 0 fully saturated rings. The highest BCUT2D eigenvalue weighted by molar-refractivity contribution is 5.71. The van der Waals surface area contributed by atoms with E-state index in [0.717, 1.165) is 11.7 Å². The van der Waals surface area contributed by atoms with Crippen LogP contribution in [0.2, 0.25) is 0 Å². The first kappa shape index (κ1) is 13.9. The smallest absolute Gasteiger partial charge is 0.118 e. The average Bonchev–Trinajstić information content (AvgIpc) is 2.56. The summed E-state index contributed by atoms with van der Waals surface area (Å²) in [5.74, 6) is 1.74. The number of hydrogen-bond donors (Lipinski definition) is 0. The molecule has 21 heavy (non-hydrogen) atoms. The Bertz CT molecular complexity index is 620. The summed E-state index contributed by atoms with van der Waals surface area (Å²) in [7, 11) is 1.70. The molecule has 1 atom stereocenters. The quantitative estimate of drug-likeness (QED) is 0.713. The maximum atomic E-state index is 5.20. The number of ether oxygens (including phenoxy) is 1. The first-order chi connectivity index (χ1) is 10.3. The molecule has 2 aromatic carbocycles. The highest BCUT2D eigenvalue weighted by Crippen LogP contribution is 2.31. The molecule has 1 heteroatoms. The first-order valence-corrected chi connectivity index (χ1v) is 7.70. The van der Waals surface area contributed by atoms with Crippen molar-refractivity contribution < 1.29 is 4.74 Å². The van der Waals surface area contributed by atoms with Crippen molar-refractivity contribution in [3.8, 4) is 16.9 Å². The van der Waals surface area contributed by atoms with Crippen LogP contribution in [0.5, 0.6) is 5.75 Å². The fourth-order valence-corrected chi connectivity index (χ4v) is 2.89. The van der Waals surface area contributed by atoms with Gasteiger partial charge in [0.2, 0.25) is 0 Å². The zero-order valence-corrected chi connectivity index (χ0v) is 12.8. The van der Waals surface area contributed by atoms with Crippen LogP contribution < -0.4 is 4.74 Å². The standard InChI is InChI=1S/C20H22O/c1-15-3-5-16(6-4-15)17-7-9-18(10-8-17)19-11-13-20(21-2)14-12-19/h5,7-15H,3-4,6H2,1-2H3. The summed E-state index contributed by atoms with van der Waals surface area (Å²) in [5.41, 5.74) is 5.37. The number of rotatable bonds is 3. The van der Waals surface area contributed by atoms with E-state index in [0.29, 0.717) is 0 Å². The molecular formula is C20H22O. The normalized spacial score (nSPS) is 18.2. The summed E-state index contributed by atoms with van der Waals surface area (Å²) in [6.07, 6.45) is 6.15. The maximum absolute atomic E-state index is 5.20. The van der Waals surface area contributed by atoms with Crippen LogP contribution in [-0.2, 0) is 0 Å². The Morgan fingerprint density at radius 3 is 1.95 bits per heavy atom. The Balaban J connectivity index is 1.80. The zero-order chi connectivity index (χ0) is 14.7. The van der Waals surface area contributed by atoms with E-state index in [4.69, 9.17) is 4.74 Å². The van der Waals surface area contributed by atoms with Gasteiger partial charge >= 0.3 is 0 Å². The molecule has 0 saturated heterocycles. The van der Waals surface area contributed by atoms with Gasteiger partial charge in [-0.15, -0.1) is 0 Å². The van der Waals surface area contributed by atoms with Gasteiger partial charge in [0.1, 0.15) is 5.75 Å². The molecule has 2 aromatic rings. The summed E-state index contributed by atoms with van der Waals surface area (Å²) >= 11 is 0. The second-order valence-corrected chi connectivity index (χ2v) is 5.91. The minimum absolute atomic E-state index is 0.840. The van der Waals surface area contributed by atoms with Crippen molar-refractivity contribution in [2.75, 3.05) is 7.11 Å². The minimum atomic E-state index is 0.840. The molecule has 1 unspecified atom stereocenters. The Kier molecular flexibility index (Phi) is 4.10. The van der Waals surface area contributed by atoms with Crippen LogP contribution in [0, 0.1) is 5.92 Å². The van der Waals surface area contributed by atoms with Crippen LogP contribution in [0.1, 0.15) is 31.7 Å². The van der Waals surface area contributed by atoms with Crippen LogP contribution in [-0.4, -0.2) is 7.11 Å². The van der Waals surface area contributed by atoms with Gasteiger partial charge in [-0.05, 0) is 59.6 Å². The third-order valence-corrected chi connectivity index (χ3v) is 4.35. The zero-order valence-electron chi connectivity index (χ0n) is 12.8. The summed E-state index contributed by atoms with van der Waals surface area (Å²) in [4.78, 5) is 0. The maximum Gasteiger partial charge on any atom is 0.118 e. The van der Waals surface area contributed by atoms with Crippen molar-refractivity contribution >= 4 is 5.57 Å². The second kappa shape index (κ2) is 6.17. The minimum Gasteiger partial charge on any atom is -0.497 e. The van der Waals surface area contributed by atoms with E-state index in [2.05, 4.69) is 49.4 Å². The van der Waals surface area contributed by atoms with Crippen molar-refractivity contribution in [2.24, 2.45) is 5.92 Å². The Hall–Kier alpha value is -2.02. The molecule has 3 rings (SSSR count). The largest absolute Gasteiger partial charge is 0.497 e. The summed E-state index contributed by atoms with van der Waals surface area (Å²) in [6.45, 7) is 2.33. The van der Waals surface area contributed by atoms with Gasteiger partial charge in [-0.25, -0.2) is 0 Å². The van der Waals surface area contributed by atoms with E-state index in [1.807, 2.05) is 12.1 Å². The fraction of sp³-hybridized carbons (Fsp3) is 0.300. The third kappa shape index (κ3) is 3.18. The fourth-order valence-electron chi connectivity index (χ4n) is 2.89. The van der Waals surface area contributed by atoms with Gasteiger partial charge < -0.3 is 4.74 Å². The van der Waals surface area contributed by atoms with Crippen molar-refractivity contribution in [2.45, 2.75) is 26.2 Å². The number of methoxy groups -OCH3 is 1. The van der Waals surface area contributed by atoms with E-state index < -0.39 is 0 Å². The van der Waals surface area contributed by atoms with Crippen molar-refractivity contribution in [3.05, 3.63) is 60.2 Å². The van der Waals surface area contributed by atoms with Gasteiger partial charge in [-0.2, -0.15) is 0 Å². The van der Waals surface area contributed by atoms with Gasteiger partial charge in [0.05, 0.1) is 7.11 Å². The third-order valence-electron chi connectivity index (χ3n) is 4.35. The lowest BCUT2D eigenvalue weighted by atomic mass is 9.87. The predicted octanol–water partition coefficient (Wildman–Crippen LogP) is 5.57. The Morgan fingerprint density at radius 1 is 0.857 bits per heavy atom. The van der Waals surface area contributed by atoms with Crippen molar-refractivity contribution in [1.82, 2.24) is 0 Å². The molecule has 1 aliphatic rings. The molecule has 1 aliphatic carbocycles. The molecule has 0 spiro atoms. The van der Waals surface area contributed by atoms with E-state index in [1.54, 1.807) is 7.11 Å². The Morgan fingerprint density at radius 2 is 1.43 bits per heavy atom. The lowest BCUT2D eigenvalue weighted by molar-refractivity contribution is 0.415. The molecule has 0 heterocycles. The van der Waals surface area contributed by atoms with Crippen molar-refractivity contribution in [1.29, 1.82) is 0 Å². The Labute approximate surface area is 127 Å². The molecule has 0 aliphatic heterocycles. The summed E-state index contributed by atoms with van der Waals surface area (Å²) in [5, 5.41) is 0. The van der Waals surface area contributed by atoms with E-state index >= 15 is 0 Å². The van der Waals surface area contributed by atoms with Gasteiger partial charge in [0.25, 0.3) is 0 Å². The lowest BCUT2D eigenvalue weighted by Gasteiger charge is -2.18. The lowest BCUT2D eigenvalue weighted by Crippen LogP contribution is -2.00. The second-order valence-electron chi connectivity index (χ2n) is 5.91. The molecule has 0 amide bonds. The van der Waals surface area contributed by atoms with Crippen LogP contribution in [0.3, 0.4) is 0 Å². The monoisotopic (exact) mass is 278 g/mol. The predicted molar refractivity (Wildman–Crippen MR) is 89.4 cm³/mol. The topological polar surface area (TPSA) is 9.23 Å². The SMILES string of the molecule is COc1ccc(-c2ccc(C3=CCC(C)CC3)cc2)cc1. The summed E-state index contributed by atoms with van der Waals surface area (Å²) < 4.78 is 5.20. The molecule has 108 valence electrons. The number of benzene rings is 2. The number of hydrogen-bond acceptors (Lipinski definition) is 1. The van der Waals surface area contributed by atoms with Gasteiger partial charge in [0, 0.05) is 0 Å². The highest BCUT2D eigenvalue weighted by Gasteiger charge is 2.11. The van der Waals surface area contributed by atoms with Crippen LogP contribution in [0.4, 0.5) is 0 Å². The molecule has 1 nitrogen and oxygen atoms in total. The highest BCUT2D eigenvalue weighted by atomic mass is 16.5. The van der Waals surface area contributed by atoms with Gasteiger partial charge in [0.15, 0.2) is 0 Å². The molecular weight excluding hydrogens is 256 g/mol. The average molecular weight is 278 g/mol. The van der Waals surface area contributed by atoms with E-state index in [9.17, 15) is 0 Å². The summed E-state index contributed by atoms with van der Waals surface area (Å²) in [6, 6.07) is 17.2. The molecule has 0 saturated carbocycles. The molecule has 0 N–H and O–H groups in total. The van der Waals surface area contributed by atoms with Crippen LogP contribution >= 0.6 is 0 Å². The first-order valence-electron chi connectivity index (χ1n) is 7.70.